The number of carboxylic acids is 1. The fraction of sp³-hybridized carbons (Fsp3) is 0.300. The summed E-state index contributed by atoms with van der Waals surface area (Å²) < 4.78 is 1.19. The van der Waals surface area contributed by atoms with Crippen molar-refractivity contribution < 1.29 is 9.90 Å². The molecule has 0 saturated carbocycles. The van der Waals surface area contributed by atoms with Crippen molar-refractivity contribution in [2.75, 3.05) is 0 Å². The molecular formula is C10H12NO2SeSi. The summed E-state index contributed by atoms with van der Waals surface area (Å²) in [5, 5.41) is 8.87. The van der Waals surface area contributed by atoms with Crippen molar-refractivity contribution in [2.45, 2.75) is 19.1 Å². The topological polar surface area (TPSA) is 53.1 Å². The van der Waals surface area contributed by atoms with E-state index < -0.39 is 5.97 Å². The molecule has 2 heterocycles. The molecule has 0 aliphatic rings. The number of aromatic carboxylic acids is 1. The monoisotopic (exact) mass is 286 g/mol. The summed E-state index contributed by atoms with van der Waals surface area (Å²) >= 11 is 0.326. The minimum absolute atomic E-state index is 0.296. The number of aromatic nitrogens is 1. The van der Waals surface area contributed by atoms with Crippen molar-refractivity contribution in [1.82, 2.24) is 4.98 Å². The van der Waals surface area contributed by atoms with Gasteiger partial charge in [-0.15, -0.1) is 0 Å². The number of rotatable bonds is 3. The molecule has 0 amide bonds. The van der Waals surface area contributed by atoms with Crippen molar-refractivity contribution in [1.29, 1.82) is 0 Å². The first-order valence-corrected chi connectivity index (χ1v) is 9.24. The van der Waals surface area contributed by atoms with E-state index in [0.717, 1.165) is 11.6 Å². The molecule has 2 N–H and O–H groups in total. The third-order valence-corrected chi connectivity index (χ3v) is 5.35. The third-order valence-electron chi connectivity index (χ3n) is 2.21. The summed E-state index contributed by atoms with van der Waals surface area (Å²) in [7, 11) is -0.296. The van der Waals surface area contributed by atoms with Crippen LogP contribution in [0.2, 0.25) is 13.1 Å². The van der Waals surface area contributed by atoms with Gasteiger partial charge >= 0.3 is 95.3 Å². The van der Waals surface area contributed by atoms with Crippen molar-refractivity contribution in [3.05, 3.63) is 22.3 Å². The second kappa shape index (κ2) is 4.00. The molecule has 2 aromatic heterocycles. The van der Waals surface area contributed by atoms with Crippen molar-refractivity contribution >= 4 is 39.0 Å². The number of aromatic amines is 1. The minimum atomic E-state index is -0.863. The Hall–Kier alpha value is -0.774. The van der Waals surface area contributed by atoms with Crippen LogP contribution in [-0.2, 0) is 6.04 Å². The fourth-order valence-electron chi connectivity index (χ4n) is 1.59. The van der Waals surface area contributed by atoms with Gasteiger partial charge < -0.3 is 0 Å². The number of H-pyrrole nitrogens is 1. The molecule has 0 aliphatic carbocycles. The normalized spacial score (nSPS) is 11.4. The molecule has 0 fully saturated rings. The van der Waals surface area contributed by atoms with Gasteiger partial charge in [0.2, 0.25) is 0 Å². The summed E-state index contributed by atoms with van der Waals surface area (Å²) in [6.07, 6.45) is 0. The number of hydrogen-bond donors (Lipinski definition) is 2. The molecule has 0 atom stereocenters. The Labute approximate surface area is 95.5 Å². The first-order chi connectivity index (χ1) is 7.08. The number of carboxylic acid groups (broad SMARTS) is 1. The molecule has 2 rings (SSSR count). The van der Waals surface area contributed by atoms with E-state index in [1.54, 1.807) is 6.07 Å². The van der Waals surface area contributed by atoms with Gasteiger partial charge in [0.25, 0.3) is 0 Å². The standard InChI is InChI=1S/C10H12NO2SeSi/c1-15(2)5-6-4-14-8-3-7(10(12)13)11-9(6)8/h3-4,11H,5H2,1-2H3,(H,12,13). The van der Waals surface area contributed by atoms with Gasteiger partial charge in [0.1, 0.15) is 0 Å². The number of carbonyl (C=O) groups is 1. The van der Waals surface area contributed by atoms with Gasteiger partial charge in [-0.1, -0.05) is 0 Å². The van der Waals surface area contributed by atoms with Crippen LogP contribution in [0.4, 0.5) is 0 Å². The molecule has 0 spiro atoms. The van der Waals surface area contributed by atoms with Gasteiger partial charge in [-0.3, -0.25) is 0 Å². The Morgan fingerprint density at radius 3 is 2.93 bits per heavy atom. The second-order valence-corrected chi connectivity index (χ2v) is 8.55. The van der Waals surface area contributed by atoms with Gasteiger partial charge in [0.05, 0.1) is 0 Å². The maximum atomic E-state index is 10.8. The SMILES string of the molecule is C[Si](C)Cc1c[se]c2cc(C(=O)O)[nH]c12. The Morgan fingerprint density at radius 2 is 2.33 bits per heavy atom. The van der Waals surface area contributed by atoms with Crippen LogP contribution in [0.15, 0.2) is 11.0 Å². The third kappa shape index (κ3) is 2.09. The Bertz CT molecular complexity index is 500. The zero-order valence-corrected chi connectivity index (χ0v) is 11.3. The van der Waals surface area contributed by atoms with Crippen molar-refractivity contribution in [3.63, 3.8) is 0 Å². The van der Waals surface area contributed by atoms with Crippen LogP contribution in [-0.4, -0.2) is 39.4 Å². The fourth-order valence-corrected chi connectivity index (χ4v) is 4.96. The molecule has 0 saturated heterocycles. The van der Waals surface area contributed by atoms with Crippen LogP contribution in [0.5, 0.6) is 0 Å². The Morgan fingerprint density at radius 1 is 1.60 bits per heavy atom. The van der Waals surface area contributed by atoms with Crippen molar-refractivity contribution in [3.8, 4) is 0 Å². The molecule has 2 aromatic rings. The average molecular weight is 285 g/mol. The summed E-state index contributed by atoms with van der Waals surface area (Å²) in [6.45, 7) is 4.55. The molecular weight excluding hydrogens is 273 g/mol. The van der Waals surface area contributed by atoms with Crippen molar-refractivity contribution in [2.24, 2.45) is 0 Å². The van der Waals surface area contributed by atoms with E-state index in [4.69, 9.17) is 5.11 Å². The average Bonchev–Trinajstić information content (AvgIpc) is 2.66. The number of nitrogens with one attached hydrogen (secondary N) is 1. The molecule has 79 valence electrons. The molecule has 3 nitrogen and oxygen atoms in total. The zero-order valence-electron chi connectivity index (χ0n) is 8.63. The van der Waals surface area contributed by atoms with Crippen LogP contribution in [0.3, 0.4) is 0 Å². The van der Waals surface area contributed by atoms with Gasteiger partial charge in [-0.25, -0.2) is 0 Å². The van der Waals surface area contributed by atoms with E-state index in [2.05, 4.69) is 23.0 Å². The van der Waals surface area contributed by atoms with Crippen LogP contribution in [0, 0.1) is 0 Å². The molecule has 0 unspecified atom stereocenters. The van der Waals surface area contributed by atoms with Crippen LogP contribution < -0.4 is 0 Å². The van der Waals surface area contributed by atoms with Gasteiger partial charge in [0.15, 0.2) is 0 Å². The van der Waals surface area contributed by atoms with E-state index in [1.165, 1.54) is 9.82 Å². The van der Waals surface area contributed by atoms with Gasteiger partial charge in [-0.2, -0.15) is 0 Å². The van der Waals surface area contributed by atoms with Gasteiger partial charge in [-0.05, 0) is 0 Å². The van der Waals surface area contributed by atoms with E-state index in [0.29, 0.717) is 20.2 Å². The first-order valence-electron chi connectivity index (χ1n) is 4.69. The maximum absolute atomic E-state index is 10.8. The summed E-state index contributed by atoms with van der Waals surface area (Å²) in [4.78, 5) is 16.1. The van der Waals surface area contributed by atoms with Crippen LogP contribution in [0.1, 0.15) is 16.1 Å². The van der Waals surface area contributed by atoms with E-state index in [9.17, 15) is 4.79 Å². The van der Waals surface area contributed by atoms with Crippen LogP contribution in [0.25, 0.3) is 9.78 Å². The summed E-state index contributed by atoms with van der Waals surface area (Å²) in [6, 6.07) is 2.90. The van der Waals surface area contributed by atoms with E-state index in [1.807, 2.05) is 0 Å². The molecule has 0 aliphatic heterocycles. The van der Waals surface area contributed by atoms with E-state index >= 15 is 0 Å². The predicted octanol–water partition coefficient (Wildman–Crippen LogP) is 1.76. The van der Waals surface area contributed by atoms with E-state index in [-0.39, 0.29) is 8.80 Å². The van der Waals surface area contributed by atoms with Crippen LogP contribution >= 0.6 is 0 Å². The summed E-state index contributed by atoms with van der Waals surface area (Å²) in [5.74, 6) is -0.863. The summed E-state index contributed by atoms with van der Waals surface area (Å²) in [5.41, 5.74) is 2.74. The Kier molecular flexibility index (Phi) is 2.86. The first kappa shape index (κ1) is 10.7. The second-order valence-electron chi connectivity index (χ2n) is 3.87. The van der Waals surface area contributed by atoms with Gasteiger partial charge in [0, 0.05) is 0 Å². The molecule has 0 bridgehead atoms. The zero-order chi connectivity index (χ0) is 11.0. The molecule has 5 heteroatoms. The molecule has 0 aromatic carbocycles. The molecule has 1 radical (unpaired) electrons. The molecule has 15 heavy (non-hydrogen) atoms. The Balaban J connectivity index is 2.44. The quantitative estimate of drug-likeness (QED) is 0.844. The predicted molar refractivity (Wildman–Crippen MR) is 63.4 cm³/mol. The number of hydrogen-bond acceptors (Lipinski definition) is 1. The number of fused-ring (bicyclic) bond motifs is 1.